The van der Waals surface area contributed by atoms with E-state index in [1.54, 1.807) is 0 Å². The average molecular weight is 327 g/mol. The van der Waals surface area contributed by atoms with Crippen LogP contribution in [0.3, 0.4) is 0 Å². The van der Waals surface area contributed by atoms with E-state index in [1.807, 2.05) is 19.0 Å². The Morgan fingerprint density at radius 1 is 1.22 bits per heavy atom. The average Bonchev–Trinajstić information content (AvgIpc) is 2.00. The zero-order chi connectivity index (χ0) is 13.4. The van der Waals surface area contributed by atoms with Crippen molar-refractivity contribution in [3.05, 3.63) is 0 Å². The third-order valence-corrected chi connectivity index (χ3v) is 2.49. The number of hydrogen-bond acceptors (Lipinski definition) is 4. The van der Waals surface area contributed by atoms with E-state index in [2.05, 4.69) is 0 Å². The van der Waals surface area contributed by atoms with Gasteiger partial charge in [0.2, 0.25) is 0 Å². The molecule has 0 heterocycles. The Bertz CT molecular complexity index is 246. The minimum absolute atomic E-state index is 0. The van der Waals surface area contributed by atoms with Crippen LogP contribution in [0.15, 0.2) is 0 Å². The molecule has 0 spiro atoms. The van der Waals surface area contributed by atoms with Crippen molar-refractivity contribution in [3.8, 4) is 0 Å². The summed E-state index contributed by atoms with van der Waals surface area (Å²) >= 11 is 0. The molecule has 0 fully saturated rings. The summed E-state index contributed by atoms with van der Waals surface area (Å²) in [5.74, 6) is -1.50. The Labute approximate surface area is 151 Å². The van der Waals surface area contributed by atoms with Crippen LogP contribution in [0.5, 0.6) is 0 Å². The van der Waals surface area contributed by atoms with Crippen LogP contribution in [0.4, 0.5) is 0 Å². The fourth-order valence-electron chi connectivity index (χ4n) is 0.758. The second-order valence-corrected chi connectivity index (χ2v) is 5.64. The van der Waals surface area contributed by atoms with Crippen LogP contribution in [-0.4, -0.2) is 115 Å². The van der Waals surface area contributed by atoms with E-state index >= 15 is 0 Å². The van der Waals surface area contributed by atoms with Gasteiger partial charge in [-0.05, 0) is 33.5 Å². The molecule has 0 rings (SSSR count). The van der Waals surface area contributed by atoms with Gasteiger partial charge in [0.1, 0.15) is 0 Å². The Kier molecular flexibility index (Phi) is 24.6. The summed E-state index contributed by atoms with van der Waals surface area (Å²) in [6.07, 6.45) is 0.724. The van der Waals surface area contributed by atoms with Crippen LogP contribution in [0, 0.1) is 0 Å². The summed E-state index contributed by atoms with van der Waals surface area (Å²) in [5, 5.41) is 8.92. The second-order valence-electron chi connectivity index (χ2n) is 3.30. The molecular formula is C6H21NNa2O7P2. The zero-order valence-corrected chi connectivity index (χ0v) is 11.0. The molecule has 0 aromatic heterocycles. The second kappa shape index (κ2) is 15.6. The Morgan fingerprint density at radius 3 is 1.78 bits per heavy atom. The molecule has 0 aliphatic rings. The quantitative estimate of drug-likeness (QED) is 0.286. The summed E-state index contributed by atoms with van der Waals surface area (Å²) in [7, 11) is -3.68. The van der Waals surface area contributed by atoms with Crippen LogP contribution < -0.4 is 0 Å². The molecule has 18 heavy (non-hydrogen) atoms. The molecule has 8 nitrogen and oxygen atoms in total. The summed E-state index contributed by atoms with van der Waals surface area (Å²) in [6, 6.07) is 0. The molecule has 1 unspecified atom stereocenters. The minimum atomic E-state index is -4.28. The normalized spacial score (nSPS) is 12.1. The van der Waals surface area contributed by atoms with E-state index in [-0.39, 0.29) is 65.5 Å². The number of aliphatic hydroxyl groups excluding tert-OH is 1. The van der Waals surface area contributed by atoms with Crippen LogP contribution >= 0.6 is 15.9 Å². The number of nitrogens with zero attached hydrogens (tertiary/aromatic N) is 1. The standard InChI is InChI=1S/C6H16NO4P.2Na.H3O3P.2H/c1-7(2)5-3-4-6(8)12(9,10)11;;;1-4(2)3;;/h6,8H,3-5H2,1-2H3,(H2,9,10,11);;;4H,(H2,1,2,3);;. The first-order valence-electron chi connectivity index (χ1n) is 4.37. The van der Waals surface area contributed by atoms with Gasteiger partial charge < -0.3 is 29.6 Å². The van der Waals surface area contributed by atoms with Crippen molar-refractivity contribution in [2.45, 2.75) is 18.7 Å². The van der Waals surface area contributed by atoms with Crippen molar-refractivity contribution in [2.24, 2.45) is 0 Å². The van der Waals surface area contributed by atoms with Crippen molar-refractivity contribution in [3.63, 3.8) is 0 Å². The first-order chi connectivity index (χ1) is 7.07. The van der Waals surface area contributed by atoms with Crippen LogP contribution in [0.25, 0.3) is 0 Å². The molecule has 104 valence electrons. The topological polar surface area (TPSA) is 139 Å². The molecule has 12 heteroatoms. The monoisotopic (exact) mass is 327 g/mol. The van der Waals surface area contributed by atoms with Crippen LogP contribution in [-0.2, 0) is 9.13 Å². The molecular weight excluding hydrogens is 306 g/mol. The van der Waals surface area contributed by atoms with E-state index < -0.39 is 21.7 Å². The summed E-state index contributed by atoms with van der Waals surface area (Å²) in [6.45, 7) is 0.719. The molecule has 1 atom stereocenters. The summed E-state index contributed by atoms with van der Waals surface area (Å²) in [4.78, 5) is 33.2. The van der Waals surface area contributed by atoms with Gasteiger partial charge in [0, 0.05) is 0 Å². The van der Waals surface area contributed by atoms with Crippen molar-refractivity contribution < 1.29 is 33.8 Å². The van der Waals surface area contributed by atoms with Gasteiger partial charge in [-0.3, -0.25) is 9.13 Å². The maximum atomic E-state index is 10.4. The first kappa shape index (κ1) is 28.4. The predicted octanol–water partition coefficient (Wildman–Crippen LogP) is -2.11. The SMILES string of the molecule is CN(C)CCCC(O)P(=O)(O)O.O=[PH](O)O.[NaH].[NaH]. The molecule has 0 saturated carbocycles. The molecule has 0 radical (unpaired) electrons. The number of rotatable bonds is 5. The Morgan fingerprint density at radius 2 is 1.56 bits per heavy atom. The van der Waals surface area contributed by atoms with Gasteiger partial charge in [0.05, 0.1) is 0 Å². The molecule has 0 aliphatic carbocycles. The van der Waals surface area contributed by atoms with E-state index in [4.69, 9.17) is 29.2 Å². The Hall–Kier alpha value is 2.22. The third-order valence-electron chi connectivity index (χ3n) is 1.46. The first-order valence-corrected chi connectivity index (χ1v) is 7.35. The van der Waals surface area contributed by atoms with E-state index in [9.17, 15) is 4.57 Å². The number of hydrogen-bond donors (Lipinski definition) is 5. The van der Waals surface area contributed by atoms with Crippen molar-refractivity contribution in [1.82, 2.24) is 4.90 Å². The molecule has 5 N–H and O–H groups in total. The van der Waals surface area contributed by atoms with Gasteiger partial charge >= 0.3 is 75.0 Å². The molecule has 0 bridgehead atoms. The van der Waals surface area contributed by atoms with Gasteiger partial charge in [-0.1, -0.05) is 0 Å². The Balaban J connectivity index is -0.000000143. The van der Waals surface area contributed by atoms with Gasteiger partial charge in [-0.15, -0.1) is 0 Å². The molecule has 0 aromatic rings. The summed E-state index contributed by atoms with van der Waals surface area (Å²) in [5.41, 5.74) is 0. The van der Waals surface area contributed by atoms with E-state index in [0.29, 0.717) is 6.42 Å². The summed E-state index contributed by atoms with van der Waals surface area (Å²) < 4.78 is 19.2. The molecule has 0 saturated heterocycles. The zero-order valence-electron chi connectivity index (χ0n) is 9.15. The fourth-order valence-corrected chi connectivity index (χ4v) is 1.28. The van der Waals surface area contributed by atoms with E-state index in [0.717, 1.165) is 6.54 Å². The maximum absolute atomic E-state index is 10.4. The third kappa shape index (κ3) is 26.7. The van der Waals surface area contributed by atoms with Crippen molar-refractivity contribution in [1.29, 1.82) is 0 Å². The van der Waals surface area contributed by atoms with Crippen molar-refractivity contribution >= 4 is 75.0 Å². The van der Waals surface area contributed by atoms with E-state index in [1.165, 1.54) is 0 Å². The molecule has 0 aromatic carbocycles. The predicted molar refractivity (Wildman–Crippen MR) is 73.6 cm³/mol. The molecule has 0 amide bonds. The van der Waals surface area contributed by atoms with Gasteiger partial charge in [0.15, 0.2) is 5.85 Å². The van der Waals surface area contributed by atoms with Gasteiger partial charge in [-0.25, -0.2) is 0 Å². The van der Waals surface area contributed by atoms with Gasteiger partial charge in [0.25, 0.3) is 0 Å². The molecule has 0 aliphatic heterocycles. The van der Waals surface area contributed by atoms with Crippen molar-refractivity contribution in [2.75, 3.05) is 20.6 Å². The fraction of sp³-hybridized carbons (Fsp3) is 1.00. The van der Waals surface area contributed by atoms with Gasteiger partial charge in [-0.2, -0.15) is 0 Å². The van der Waals surface area contributed by atoms with Crippen LogP contribution in [0.1, 0.15) is 12.8 Å². The number of aliphatic hydroxyl groups is 1. The van der Waals surface area contributed by atoms with Crippen LogP contribution in [0.2, 0.25) is 0 Å².